The molecular weight excluding hydrogens is 350 g/mol. The van der Waals surface area contributed by atoms with Crippen LogP contribution in [-0.4, -0.2) is 56.9 Å². The van der Waals surface area contributed by atoms with Crippen molar-refractivity contribution in [3.63, 3.8) is 0 Å². The first-order valence-electron chi connectivity index (χ1n) is 11.0. The summed E-state index contributed by atoms with van der Waals surface area (Å²) < 4.78 is 11.3. The third-order valence-electron chi connectivity index (χ3n) is 6.18. The van der Waals surface area contributed by atoms with Crippen molar-refractivity contribution in [2.24, 2.45) is 10.9 Å². The van der Waals surface area contributed by atoms with Crippen molar-refractivity contribution in [2.45, 2.75) is 51.9 Å². The van der Waals surface area contributed by atoms with E-state index >= 15 is 0 Å². The van der Waals surface area contributed by atoms with Gasteiger partial charge in [-0.3, -0.25) is 4.99 Å². The summed E-state index contributed by atoms with van der Waals surface area (Å²) in [6.07, 6.45) is 4.53. The lowest BCUT2D eigenvalue weighted by molar-refractivity contribution is 0.0529. The molecule has 0 aliphatic carbocycles. The van der Waals surface area contributed by atoms with Gasteiger partial charge in [0, 0.05) is 38.3 Å². The van der Waals surface area contributed by atoms with E-state index in [0.29, 0.717) is 6.61 Å². The maximum atomic E-state index is 5.69. The molecule has 1 aromatic carbocycles. The zero-order valence-electron chi connectivity index (χ0n) is 17.9. The lowest BCUT2D eigenvalue weighted by Gasteiger charge is -2.38. The average Bonchev–Trinajstić information content (AvgIpc) is 2.73. The SMILES string of the molecule is CCNC(=NCC1(c2ccc(OCC)cc2)CCOCC1)N1CCC(C)CC1. The molecule has 0 saturated carbocycles. The fourth-order valence-electron chi connectivity index (χ4n) is 4.24. The standard InChI is InChI=1S/C23H37N3O2/c1-4-24-22(26-14-10-19(3)11-15-26)25-18-23(12-16-27-17-13-23)20-6-8-21(9-7-20)28-5-2/h6-9,19H,4-5,10-18H2,1-3H3,(H,24,25). The Kier molecular flexibility index (Phi) is 7.60. The Labute approximate surface area is 170 Å². The summed E-state index contributed by atoms with van der Waals surface area (Å²) in [4.78, 5) is 7.58. The maximum Gasteiger partial charge on any atom is 0.193 e. The highest BCUT2D eigenvalue weighted by Gasteiger charge is 2.35. The smallest absolute Gasteiger partial charge is 0.193 e. The van der Waals surface area contributed by atoms with Crippen LogP contribution in [0.2, 0.25) is 0 Å². The van der Waals surface area contributed by atoms with Gasteiger partial charge in [0.05, 0.1) is 13.2 Å². The normalized spacial score (nSPS) is 20.8. The summed E-state index contributed by atoms with van der Waals surface area (Å²) in [6.45, 7) is 12.8. The molecule has 0 aromatic heterocycles. The Morgan fingerprint density at radius 3 is 2.46 bits per heavy atom. The predicted molar refractivity (Wildman–Crippen MR) is 115 cm³/mol. The van der Waals surface area contributed by atoms with Crippen LogP contribution in [0.1, 0.15) is 52.0 Å². The Balaban J connectivity index is 1.79. The number of guanidine groups is 1. The second-order valence-electron chi connectivity index (χ2n) is 8.19. The summed E-state index contributed by atoms with van der Waals surface area (Å²) in [5, 5.41) is 3.53. The van der Waals surface area contributed by atoms with Crippen LogP contribution in [0, 0.1) is 5.92 Å². The van der Waals surface area contributed by atoms with Gasteiger partial charge in [0.2, 0.25) is 0 Å². The molecule has 2 heterocycles. The number of ether oxygens (including phenoxy) is 2. The monoisotopic (exact) mass is 387 g/mol. The third kappa shape index (κ3) is 5.19. The molecule has 0 radical (unpaired) electrons. The van der Waals surface area contributed by atoms with E-state index in [1.165, 1.54) is 18.4 Å². The van der Waals surface area contributed by atoms with Crippen molar-refractivity contribution >= 4 is 5.96 Å². The van der Waals surface area contributed by atoms with Gasteiger partial charge in [0.15, 0.2) is 5.96 Å². The topological polar surface area (TPSA) is 46.1 Å². The van der Waals surface area contributed by atoms with Crippen molar-refractivity contribution in [3.8, 4) is 5.75 Å². The summed E-state index contributed by atoms with van der Waals surface area (Å²) in [5.41, 5.74) is 1.40. The van der Waals surface area contributed by atoms with Crippen LogP contribution >= 0.6 is 0 Å². The first kappa shape index (κ1) is 21.0. The minimum atomic E-state index is 0.0484. The molecule has 0 amide bonds. The van der Waals surface area contributed by atoms with Crippen LogP contribution in [0.25, 0.3) is 0 Å². The van der Waals surface area contributed by atoms with Crippen LogP contribution < -0.4 is 10.1 Å². The van der Waals surface area contributed by atoms with E-state index < -0.39 is 0 Å². The highest BCUT2D eigenvalue weighted by Crippen LogP contribution is 2.36. The van der Waals surface area contributed by atoms with Crippen molar-refractivity contribution in [3.05, 3.63) is 29.8 Å². The number of hydrogen-bond acceptors (Lipinski definition) is 3. The van der Waals surface area contributed by atoms with Gasteiger partial charge in [-0.1, -0.05) is 19.1 Å². The number of hydrogen-bond donors (Lipinski definition) is 1. The molecule has 2 saturated heterocycles. The van der Waals surface area contributed by atoms with Gasteiger partial charge < -0.3 is 19.7 Å². The van der Waals surface area contributed by atoms with E-state index in [-0.39, 0.29) is 5.41 Å². The van der Waals surface area contributed by atoms with Gasteiger partial charge >= 0.3 is 0 Å². The van der Waals surface area contributed by atoms with Crippen molar-refractivity contribution in [1.82, 2.24) is 10.2 Å². The van der Waals surface area contributed by atoms with Crippen LogP contribution in [-0.2, 0) is 10.2 Å². The summed E-state index contributed by atoms with van der Waals surface area (Å²) in [6, 6.07) is 8.64. The van der Waals surface area contributed by atoms with Crippen molar-refractivity contribution in [1.29, 1.82) is 0 Å². The largest absolute Gasteiger partial charge is 0.494 e. The number of likely N-dealkylation sites (tertiary alicyclic amines) is 1. The molecule has 0 spiro atoms. The lowest BCUT2D eigenvalue weighted by atomic mass is 9.74. The predicted octanol–water partition coefficient (Wildman–Crippen LogP) is 3.83. The molecule has 5 nitrogen and oxygen atoms in total. The summed E-state index contributed by atoms with van der Waals surface area (Å²) in [7, 11) is 0. The van der Waals surface area contributed by atoms with Gasteiger partial charge in [-0.05, 0) is 63.1 Å². The Hall–Kier alpha value is -1.75. The van der Waals surface area contributed by atoms with E-state index in [1.807, 2.05) is 6.92 Å². The second-order valence-corrected chi connectivity index (χ2v) is 8.19. The molecule has 2 aliphatic heterocycles. The molecule has 1 aromatic rings. The van der Waals surface area contributed by atoms with Gasteiger partial charge in [0.25, 0.3) is 0 Å². The fourth-order valence-corrected chi connectivity index (χ4v) is 4.24. The van der Waals surface area contributed by atoms with Gasteiger partial charge in [-0.2, -0.15) is 0 Å². The minimum absolute atomic E-state index is 0.0484. The second kappa shape index (κ2) is 10.1. The fraction of sp³-hybridized carbons (Fsp3) is 0.696. The quantitative estimate of drug-likeness (QED) is 0.595. The van der Waals surface area contributed by atoms with E-state index in [0.717, 1.165) is 69.9 Å². The van der Waals surface area contributed by atoms with E-state index in [1.54, 1.807) is 0 Å². The van der Waals surface area contributed by atoms with E-state index in [4.69, 9.17) is 14.5 Å². The molecule has 156 valence electrons. The van der Waals surface area contributed by atoms with Crippen LogP contribution in [0.5, 0.6) is 5.75 Å². The Bertz CT molecular complexity index is 615. The molecule has 5 heteroatoms. The molecule has 3 rings (SSSR count). The number of nitrogens with one attached hydrogen (secondary N) is 1. The number of aliphatic imine (C=N–C) groups is 1. The van der Waals surface area contributed by atoms with Gasteiger partial charge in [-0.15, -0.1) is 0 Å². The Morgan fingerprint density at radius 2 is 1.86 bits per heavy atom. The van der Waals surface area contributed by atoms with E-state index in [9.17, 15) is 0 Å². The average molecular weight is 388 g/mol. The van der Waals surface area contributed by atoms with Gasteiger partial charge in [-0.25, -0.2) is 0 Å². The zero-order valence-corrected chi connectivity index (χ0v) is 17.9. The molecular formula is C23H37N3O2. The molecule has 2 fully saturated rings. The number of piperidine rings is 1. The van der Waals surface area contributed by atoms with Crippen LogP contribution in [0.4, 0.5) is 0 Å². The van der Waals surface area contributed by atoms with Crippen molar-refractivity contribution in [2.75, 3.05) is 46.0 Å². The maximum absolute atomic E-state index is 5.69. The highest BCUT2D eigenvalue weighted by atomic mass is 16.5. The third-order valence-corrected chi connectivity index (χ3v) is 6.18. The molecule has 1 N–H and O–H groups in total. The molecule has 0 bridgehead atoms. The van der Waals surface area contributed by atoms with Crippen LogP contribution in [0.15, 0.2) is 29.3 Å². The first-order valence-corrected chi connectivity index (χ1v) is 11.0. The highest BCUT2D eigenvalue weighted by molar-refractivity contribution is 5.80. The zero-order chi connectivity index (χ0) is 19.8. The summed E-state index contributed by atoms with van der Waals surface area (Å²) >= 11 is 0. The molecule has 2 aliphatic rings. The van der Waals surface area contributed by atoms with Crippen LogP contribution in [0.3, 0.4) is 0 Å². The molecule has 0 unspecified atom stereocenters. The Morgan fingerprint density at radius 1 is 1.18 bits per heavy atom. The number of nitrogens with zero attached hydrogens (tertiary/aromatic N) is 2. The molecule has 0 atom stereocenters. The number of benzene rings is 1. The number of rotatable bonds is 6. The molecule has 28 heavy (non-hydrogen) atoms. The van der Waals surface area contributed by atoms with E-state index in [2.05, 4.69) is 48.3 Å². The summed E-state index contributed by atoms with van der Waals surface area (Å²) in [5.74, 6) is 2.84. The van der Waals surface area contributed by atoms with Crippen molar-refractivity contribution < 1.29 is 9.47 Å². The minimum Gasteiger partial charge on any atom is -0.494 e. The first-order chi connectivity index (χ1) is 13.7. The lowest BCUT2D eigenvalue weighted by Crippen LogP contribution is -2.46. The van der Waals surface area contributed by atoms with Gasteiger partial charge in [0.1, 0.15) is 5.75 Å².